The van der Waals surface area contributed by atoms with Gasteiger partial charge in [0.15, 0.2) is 0 Å². The van der Waals surface area contributed by atoms with Crippen molar-refractivity contribution in [3.8, 4) is 0 Å². The van der Waals surface area contributed by atoms with Gasteiger partial charge < -0.3 is 18.9 Å². The molecule has 0 heterocycles. The standard InChI is InChI=1S/C17H27O6P/c1-4-22-24(20,23-5-2)13-16-8-6-7-15(9-16)10-17(11-18)12-21-14(3)19/h6-9,17-18H,4-5,10-13H2,1-3H3/t17-/m1/s1. The highest BCUT2D eigenvalue weighted by molar-refractivity contribution is 7.53. The van der Waals surface area contributed by atoms with Crippen LogP contribution in [0.15, 0.2) is 24.3 Å². The van der Waals surface area contributed by atoms with Gasteiger partial charge in [-0.25, -0.2) is 0 Å². The number of aliphatic hydroxyl groups is 1. The minimum absolute atomic E-state index is 0.0755. The number of carbonyl (C=O) groups is 1. The van der Waals surface area contributed by atoms with Crippen LogP contribution in [-0.2, 0) is 35.7 Å². The van der Waals surface area contributed by atoms with Crippen molar-refractivity contribution in [3.63, 3.8) is 0 Å². The van der Waals surface area contributed by atoms with Crippen molar-refractivity contribution >= 4 is 13.6 Å². The highest BCUT2D eigenvalue weighted by atomic mass is 31.2. The zero-order chi connectivity index (χ0) is 18.0. The molecule has 1 aromatic rings. The van der Waals surface area contributed by atoms with Crippen LogP contribution in [0.4, 0.5) is 0 Å². The van der Waals surface area contributed by atoms with Crippen molar-refractivity contribution in [1.82, 2.24) is 0 Å². The first-order chi connectivity index (χ1) is 11.4. The summed E-state index contributed by atoms with van der Waals surface area (Å²) in [6.45, 7) is 5.65. The number of hydrogen-bond acceptors (Lipinski definition) is 6. The van der Waals surface area contributed by atoms with E-state index in [0.29, 0.717) is 19.6 Å². The first-order valence-electron chi connectivity index (χ1n) is 8.12. The zero-order valence-corrected chi connectivity index (χ0v) is 15.5. The molecular formula is C17H27O6P. The SMILES string of the molecule is CCOP(=O)(Cc1cccc(C[C@H](CO)COC(C)=O)c1)OCC. The molecule has 1 atom stereocenters. The van der Waals surface area contributed by atoms with E-state index in [1.54, 1.807) is 13.8 Å². The second kappa shape index (κ2) is 10.6. The summed E-state index contributed by atoms with van der Waals surface area (Å²) in [6.07, 6.45) is 0.765. The normalized spacial score (nSPS) is 12.8. The van der Waals surface area contributed by atoms with Gasteiger partial charge in [0.1, 0.15) is 0 Å². The maximum Gasteiger partial charge on any atom is 0.335 e. The van der Waals surface area contributed by atoms with Crippen molar-refractivity contribution in [1.29, 1.82) is 0 Å². The molecule has 1 N–H and O–H groups in total. The Morgan fingerprint density at radius 2 is 1.83 bits per heavy atom. The summed E-state index contributed by atoms with van der Waals surface area (Å²) in [6, 6.07) is 7.58. The van der Waals surface area contributed by atoms with Gasteiger partial charge in [0.2, 0.25) is 0 Å². The van der Waals surface area contributed by atoms with Crippen LogP contribution < -0.4 is 0 Å². The van der Waals surface area contributed by atoms with E-state index in [4.69, 9.17) is 13.8 Å². The minimum Gasteiger partial charge on any atom is -0.465 e. The minimum atomic E-state index is -3.15. The predicted molar refractivity (Wildman–Crippen MR) is 91.9 cm³/mol. The summed E-state index contributed by atoms with van der Waals surface area (Å²) in [5.74, 6) is -0.536. The van der Waals surface area contributed by atoms with Crippen LogP contribution >= 0.6 is 7.60 Å². The number of aliphatic hydroxyl groups excluding tert-OH is 1. The Morgan fingerprint density at radius 1 is 1.21 bits per heavy atom. The van der Waals surface area contributed by atoms with E-state index in [2.05, 4.69) is 0 Å². The van der Waals surface area contributed by atoms with E-state index in [1.807, 2.05) is 24.3 Å². The molecule has 1 aromatic carbocycles. The highest BCUT2D eigenvalue weighted by Gasteiger charge is 2.24. The highest BCUT2D eigenvalue weighted by Crippen LogP contribution is 2.51. The first-order valence-corrected chi connectivity index (χ1v) is 9.85. The van der Waals surface area contributed by atoms with Crippen molar-refractivity contribution in [2.45, 2.75) is 33.4 Å². The number of ether oxygens (including phenoxy) is 1. The Hall–Kier alpha value is -1.20. The summed E-state index contributed by atoms with van der Waals surface area (Å²) in [5.41, 5.74) is 1.82. The first kappa shape index (κ1) is 20.8. The monoisotopic (exact) mass is 358 g/mol. The van der Waals surface area contributed by atoms with Crippen LogP contribution in [0.1, 0.15) is 31.9 Å². The Kier molecular flexibility index (Phi) is 9.22. The molecular weight excluding hydrogens is 331 g/mol. The summed E-state index contributed by atoms with van der Waals surface area (Å²) in [5, 5.41) is 9.42. The second-order valence-electron chi connectivity index (χ2n) is 5.48. The van der Waals surface area contributed by atoms with Crippen LogP contribution in [0, 0.1) is 5.92 Å². The lowest BCUT2D eigenvalue weighted by Gasteiger charge is -2.18. The van der Waals surface area contributed by atoms with Crippen molar-refractivity contribution in [3.05, 3.63) is 35.4 Å². The Morgan fingerprint density at radius 3 is 2.38 bits per heavy atom. The van der Waals surface area contributed by atoms with E-state index in [9.17, 15) is 14.5 Å². The maximum atomic E-state index is 12.6. The molecule has 0 aliphatic heterocycles. The van der Waals surface area contributed by atoms with E-state index < -0.39 is 7.60 Å². The number of benzene rings is 1. The molecule has 0 aliphatic rings. The summed E-state index contributed by atoms with van der Waals surface area (Å²) in [7, 11) is -3.15. The lowest BCUT2D eigenvalue weighted by atomic mass is 9.99. The van der Waals surface area contributed by atoms with Crippen LogP contribution in [0.5, 0.6) is 0 Å². The average Bonchev–Trinajstić information content (AvgIpc) is 2.51. The van der Waals surface area contributed by atoms with Crippen molar-refractivity contribution in [2.24, 2.45) is 5.92 Å². The number of rotatable bonds is 11. The van der Waals surface area contributed by atoms with Gasteiger partial charge >= 0.3 is 13.6 Å². The largest absolute Gasteiger partial charge is 0.465 e. The molecule has 0 bridgehead atoms. The number of esters is 1. The molecule has 0 fully saturated rings. The lowest BCUT2D eigenvalue weighted by Crippen LogP contribution is -2.18. The zero-order valence-electron chi connectivity index (χ0n) is 14.6. The lowest BCUT2D eigenvalue weighted by molar-refractivity contribution is -0.142. The second-order valence-corrected chi connectivity index (χ2v) is 7.53. The summed E-state index contributed by atoms with van der Waals surface area (Å²) in [4.78, 5) is 10.9. The molecule has 24 heavy (non-hydrogen) atoms. The Bertz CT molecular complexity index is 550. The van der Waals surface area contributed by atoms with Crippen molar-refractivity contribution in [2.75, 3.05) is 26.4 Å². The van der Waals surface area contributed by atoms with Gasteiger partial charge in [0.25, 0.3) is 0 Å². The molecule has 0 aromatic heterocycles. The van der Waals surface area contributed by atoms with Crippen LogP contribution in [-0.4, -0.2) is 37.5 Å². The predicted octanol–water partition coefficient (Wildman–Crippen LogP) is 3.17. The molecule has 0 aliphatic carbocycles. The molecule has 0 radical (unpaired) electrons. The maximum absolute atomic E-state index is 12.6. The van der Waals surface area contributed by atoms with Gasteiger partial charge in [-0.05, 0) is 31.4 Å². The fraction of sp³-hybridized carbons (Fsp3) is 0.588. The summed E-state index contributed by atoms with van der Waals surface area (Å²) < 4.78 is 28.2. The van der Waals surface area contributed by atoms with Gasteiger partial charge in [-0.1, -0.05) is 24.3 Å². The van der Waals surface area contributed by atoms with Gasteiger partial charge in [0, 0.05) is 19.4 Å². The van der Waals surface area contributed by atoms with E-state index in [-0.39, 0.29) is 31.3 Å². The quantitative estimate of drug-likeness (QED) is 0.483. The van der Waals surface area contributed by atoms with Crippen LogP contribution in [0.2, 0.25) is 0 Å². The van der Waals surface area contributed by atoms with Gasteiger partial charge in [0.05, 0.1) is 26.0 Å². The fourth-order valence-corrected chi connectivity index (χ4v) is 4.03. The average molecular weight is 358 g/mol. The molecule has 0 unspecified atom stereocenters. The van der Waals surface area contributed by atoms with E-state index in [0.717, 1.165) is 11.1 Å². The fourth-order valence-electron chi connectivity index (χ4n) is 2.35. The molecule has 0 saturated carbocycles. The van der Waals surface area contributed by atoms with Gasteiger partial charge in [-0.15, -0.1) is 0 Å². The molecule has 0 amide bonds. The topological polar surface area (TPSA) is 82.1 Å². The van der Waals surface area contributed by atoms with Crippen LogP contribution in [0.25, 0.3) is 0 Å². The Balaban J connectivity index is 2.77. The Labute approximate surface area is 143 Å². The molecule has 136 valence electrons. The third-order valence-electron chi connectivity index (χ3n) is 3.32. The van der Waals surface area contributed by atoms with Crippen LogP contribution in [0.3, 0.4) is 0 Å². The van der Waals surface area contributed by atoms with Gasteiger partial charge in [-0.2, -0.15) is 0 Å². The third-order valence-corrected chi connectivity index (χ3v) is 5.38. The van der Waals surface area contributed by atoms with E-state index >= 15 is 0 Å². The van der Waals surface area contributed by atoms with Gasteiger partial charge in [-0.3, -0.25) is 9.36 Å². The summed E-state index contributed by atoms with van der Waals surface area (Å²) >= 11 is 0. The smallest absolute Gasteiger partial charge is 0.335 e. The molecule has 7 heteroatoms. The molecule has 0 spiro atoms. The molecule has 0 saturated heterocycles. The molecule has 1 rings (SSSR count). The van der Waals surface area contributed by atoms with E-state index in [1.165, 1.54) is 6.92 Å². The number of hydrogen-bond donors (Lipinski definition) is 1. The molecule has 6 nitrogen and oxygen atoms in total. The van der Waals surface area contributed by atoms with Crippen molar-refractivity contribution < 1.29 is 28.3 Å². The third kappa shape index (κ3) is 7.58. The number of carbonyl (C=O) groups excluding carboxylic acids is 1.